The number of rotatable bonds is 7. The van der Waals surface area contributed by atoms with Gasteiger partial charge in [0.1, 0.15) is 12.3 Å². The van der Waals surface area contributed by atoms with E-state index >= 15 is 0 Å². The fourth-order valence-corrected chi connectivity index (χ4v) is 5.12. The molecule has 0 aliphatic heterocycles. The molecule has 136 valence electrons. The minimum atomic E-state index is -1.22. The van der Waals surface area contributed by atoms with E-state index in [2.05, 4.69) is 13.8 Å². The van der Waals surface area contributed by atoms with Gasteiger partial charge in [-0.25, -0.2) is 8.78 Å². The Bertz CT molecular complexity index is 322. The van der Waals surface area contributed by atoms with Gasteiger partial charge in [0.05, 0.1) is 0 Å². The van der Waals surface area contributed by atoms with Gasteiger partial charge in [-0.05, 0) is 55.3 Å². The second-order valence-corrected chi connectivity index (χ2v) is 8.71. The highest BCUT2D eigenvalue weighted by Crippen LogP contribution is 2.44. The van der Waals surface area contributed by atoms with Crippen molar-refractivity contribution in [2.75, 3.05) is 0 Å². The summed E-state index contributed by atoms with van der Waals surface area (Å²) in [4.78, 5) is 0. The fraction of sp³-hybridized carbons (Fsp3) is 1.00. The Morgan fingerprint density at radius 1 is 0.913 bits per heavy atom. The zero-order chi connectivity index (χ0) is 16.8. The Hall–Kier alpha value is -0.140. The van der Waals surface area contributed by atoms with Crippen LogP contribution in [0, 0.1) is 29.6 Å². The molecule has 0 nitrogen and oxygen atoms in total. The summed E-state index contributed by atoms with van der Waals surface area (Å²) >= 11 is 0. The zero-order valence-electron chi connectivity index (χ0n) is 15.6. The predicted octanol–water partition coefficient (Wildman–Crippen LogP) is 7.12. The van der Waals surface area contributed by atoms with E-state index in [1.54, 1.807) is 0 Å². The lowest BCUT2D eigenvalue weighted by Crippen LogP contribution is -2.41. The molecule has 0 spiro atoms. The van der Waals surface area contributed by atoms with Crippen molar-refractivity contribution in [3.8, 4) is 0 Å². The van der Waals surface area contributed by atoms with Crippen LogP contribution < -0.4 is 0 Å². The number of halogens is 2. The molecule has 2 saturated carbocycles. The quantitative estimate of drug-likeness (QED) is 0.466. The molecule has 0 aromatic carbocycles. The molecule has 0 aromatic heterocycles. The Kier molecular flexibility index (Phi) is 7.82. The van der Waals surface area contributed by atoms with Gasteiger partial charge in [0.2, 0.25) is 0 Å². The number of hydrogen-bond donors (Lipinski definition) is 0. The van der Waals surface area contributed by atoms with Crippen molar-refractivity contribution in [3.63, 3.8) is 0 Å². The lowest BCUT2D eigenvalue weighted by molar-refractivity contribution is -0.00673. The van der Waals surface area contributed by atoms with E-state index in [-0.39, 0.29) is 11.8 Å². The van der Waals surface area contributed by atoms with Gasteiger partial charge in [-0.1, -0.05) is 65.7 Å². The van der Waals surface area contributed by atoms with E-state index in [1.165, 1.54) is 44.9 Å². The van der Waals surface area contributed by atoms with Crippen molar-refractivity contribution < 1.29 is 8.78 Å². The maximum Gasteiger partial charge on any atom is 0.134 e. The summed E-state index contributed by atoms with van der Waals surface area (Å²) in [5.74, 6) is 2.09. The second-order valence-electron chi connectivity index (χ2n) is 8.71. The van der Waals surface area contributed by atoms with Crippen molar-refractivity contribution in [1.29, 1.82) is 0 Å². The van der Waals surface area contributed by atoms with E-state index in [0.29, 0.717) is 5.92 Å². The molecular formula is C21H38F2. The van der Waals surface area contributed by atoms with Gasteiger partial charge in [0, 0.05) is 0 Å². The first-order valence-electron chi connectivity index (χ1n) is 10.3. The van der Waals surface area contributed by atoms with E-state index < -0.39 is 12.3 Å². The predicted molar refractivity (Wildman–Crippen MR) is 95.1 cm³/mol. The smallest absolute Gasteiger partial charge is 0.134 e. The summed E-state index contributed by atoms with van der Waals surface area (Å²) in [5, 5.41) is 0. The van der Waals surface area contributed by atoms with Crippen LogP contribution in [0.1, 0.15) is 91.4 Å². The molecule has 5 unspecified atom stereocenters. The van der Waals surface area contributed by atoms with Crippen molar-refractivity contribution >= 4 is 0 Å². The third-order valence-corrected chi connectivity index (χ3v) is 6.80. The average molecular weight is 329 g/mol. The van der Waals surface area contributed by atoms with Gasteiger partial charge in [-0.15, -0.1) is 0 Å². The topological polar surface area (TPSA) is 0 Å². The summed E-state index contributed by atoms with van der Waals surface area (Å²) in [7, 11) is 0. The van der Waals surface area contributed by atoms with Gasteiger partial charge < -0.3 is 0 Å². The van der Waals surface area contributed by atoms with Gasteiger partial charge in [-0.3, -0.25) is 0 Å². The van der Waals surface area contributed by atoms with Crippen LogP contribution in [-0.2, 0) is 0 Å². The fourth-order valence-electron chi connectivity index (χ4n) is 5.12. The third kappa shape index (κ3) is 5.43. The van der Waals surface area contributed by atoms with Crippen molar-refractivity contribution in [2.45, 2.75) is 104 Å². The summed E-state index contributed by atoms with van der Waals surface area (Å²) in [6.45, 7) is 6.51. The van der Waals surface area contributed by atoms with Gasteiger partial charge in [-0.2, -0.15) is 0 Å². The molecule has 0 amide bonds. The number of alkyl halides is 2. The second kappa shape index (κ2) is 9.37. The van der Waals surface area contributed by atoms with Gasteiger partial charge in [0.15, 0.2) is 0 Å². The standard InChI is InChI=1S/C21H38F2/c1-4-6-15(2)7-5-8-17-10-12-18(13-11-17)19-14-9-16(3)20(22)21(19)23/h15-21H,4-14H2,1-3H3. The molecule has 0 N–H and O–H groups in total. The molecule has 2 aliphatic rings. The van der Waals surface area contributed by atoms with Crippen molar-refractivity contribution in [1.82, 2.24) is 0 Å². The molecule has 0 radical (unpaired) electrons. The van der Waals surface area contributed by atoms with Crippen LogP contribution >= 0.6 is 0 Å². The lowest BCUT2D eigenvalue weighted by Gasteiger charge is -2.40. The number of hydrogen-bond acceptors (Lipinski definition) is 0. The highest BCUT2D eigenvalue weighted by atomic mass is 19.2. The largest absolute Gasteiger partial charge is 0.244 e. The first-order chi connectivity index (χ1) is 11.0. The van der Waals surface area contributed by atoms with Crippen LogP contribution in [0.25, 0.3) is 0 Å². The summed E-state index contributed by atoms with van der Waals surface area (Å²) in [6.07, 6.45) is 10.9. The Morgan fingerprint density at radius 2 is 1.61 bits per heavy atom. The van der Waals surface area contributed by atoms with Gasteiger partial charge >= 0.3 is 0 Å². The van der Waals surface area contributed by atoms with Crippen LogP contribution in [0.5, 0.6) is 0 Å². The zero-order valence-corrected chi connectivity index (χ0v) is 15.6. The molecule has 2 rings (SSSR count). The highest BCUT2D eigenvalue weighted by Gasteiger charge is 2.42. The van der Waals surface area contributed by atoms with Crippen molar-refractivity contribution in [3.05, 3.63) is 0 Å². The normalized spacial score (nSPS) is 40.0. The van der Waals surface area contributed by atoms with Gasteiger partial charge in [0.25, 0.3) is 0 Å². The van der Waals surface area contributed by atoms with Crippen LogP contribution in [0.3, 0.4) is 0 Å². The van der Waals surface area contributed by atoms with Crippen LogP contribution in [0.4, 0.5) is 8.78 Å². The first-order valence-corrected chi connectivity index (χ1v) is 10.3. The third-order valence-electron chi connectivity index (χ3n) is 6.80. The molecule has 5 atom stereocenters. The summed E-state index contributed by atoms with van der Waals surface area (Å²) < 4.78 is 28.3. The molecule has 2 heteroatoms. The van der Waals surface area contributed by atoms with E-state index in [1.807, 2.05) is 6.92 Å². The monoisotopic (exact) mass is 328 g/mol. The highest BCUT2D eigenvalue weighted by molar-refractivity contribution is 4.91. The minimum Gasteiger partial charge on any atom is -0.244 e. The average Bonchev–Trinajstić information content (AvgIpc) is 2.54. The van der Waals surface area contributed by atoms with Crippen LogP contribution in [-0.4, -0.2) is 12.3 Å². The maximum absolute atomic E-state index is 14.4. The summed E-state index contributed by atoms with van der Waals surface area (Å²) in [5.41, 5.74) is 0. The van der Waals surface area contributed by atoms with E-state index in [0.717, 1.165) is 37.5 Å². The first kappa shape index (κ1) is 19.2. The molecule has 2 fully saturated rings. The molecule has 0 heterocycles. The molecule has 23 heavy (non-hydrogen) atoms. The minimum absolute atomic E-state index is 0.00623. The van der Waals surface area contributed by atoms with Crippen LogP contribution in [0.2, 0.25) is 0 Å². The Labute approximate surface area is 142 Å². The summed E-state index contributed by atoms with van der Waals surface area (Å²) in [6, 6.07) is 0. The SMILES string of the molecule is CCCC(C)CCCC1CCC(C2CCC(C)C(F)C2F)CC1. The maximum atomic E-state index is 14.4. The molecule has 0 saturated heterocycles. The molecular weight excluding hydrogens is 290 g/mol. The van der Waals surface area contributed by atoms with Crippen molar-refractivity contribution in [2.24, 2.45) is 29.6 Å². The molecule has 0 bridgehead atoms. The molecule has 0 aromatic rings. The molecule has 2 aliphatic carbocycles. The lowest BCUT2D eigenvalue weighted by atomic mass is 9.67. The Balaban J connectivity index is 1.67. The van der Waals surface area contributed by atoms with E-state index in [4.69, 9.17) is 0 Å². The van der Waals surface area contributed by atoms with Crippen LogP contribution in [0.15, 0.2) is 0 Å². The van der Waals surface area contributed by atoms with E-state index in [9.17, 15) is 8.78 Å². The Morgan fingerprint density at radius 3 is 2.26 bits per heavy atom.